The first kappa shape index (κ1) is 21.7. The minimum Gasteiger partial charge on any atom is -0.365 e. The molecule has 1 heterocycles. The second-order valence-corrected chi connectivity index (χ2v) is 8.46. The molecule has 2 amide bonds. The first-order valence-corrected chi connectivity index (χ1v) is 10.8. The van der Waals surface area contributed by atoms with Crippen molar-refractivity contribution in [1.82, 2.24) is 5.32 Å². The first-order valence-electron chi connectivity index (χ1n) is 9.97. The van der Waals surface area contributed by atoms with Crippen molar-refractivity contribution in [3.05, 3.63) is 87.8 Å². The van der Waals surface area contributed by atoms with Gasteiger partial charge in [0, 0.05) is 10.8 Å². The van der Waals surface area contributed by atoms with Gasteiger partial charge in [0.2, 0.25) is 5.91 Å². The van der Waals surface area contributed by atoms with E-state index in [9.17, 15) is 9.59 Å². The van der Waals surface area contributed by atoms with Crippen LogP contribution in [-0.2, 0) is 4.79 Å². The predicted octanol–water partition coefficient (Wildman–Crippen LogP) is 4.21. The van der Waals surface area contributed by atoms with Gasteiger partial charge in [0.15, 0.2) is 0 Å². The van der Waals surface area contributed by atoms with Crippen LogP contribution in [0.4, 0.5) is 5.00 Å². The molecule has 0 saturated heterocycles. The number of carbonyl (C=O) groups is 2. The summed E-state index contributed by atoms with van der Waals surface area (Å²) in [4.78, 5) is 25.1. The lowest BCUT2D eigenvalue weighted by molar-refractivity contribution is -0.115. The van der Waals surface area contributed by atoms with Gasteiger partial charge in [-0.05, 0) is 43.5 Å². The number of carbonyl (C=O) groups excluding carboxylic acids is 2. The lowest BCUT2D eigenvalue weighted by Crippen LogP contribution is -2.30. The molecule has 2 aromatic carbocycles. The van der Waals surface area contributed by atoms with Gasteiger partial charge in [-0.15, -0.1) is 11.3 Å². The summed E-state index contributed by atoms with van der Waals surface area (Å²) in [6.45, 7) is 4.61. The van der Waals surface area contributed by atoms with Crippen LogP contribution in [0.1, 0.15) is 44.3 Å². The number of nitrogens with one attached hydrogen (secondary N) is 2. The van der Waals surface area contributed by atoms with Gasteiger partial charge in [0.05, 0.1) is 12.1 Å². The second kappa shape index (κ2) is 10.2. The molecule has 0 unspecified atom stereocenters. The van der Waals surface area contributed by atoms with Gasteiger partial charge in [0.1, 0.15) is 5.00 Å². The van der Waals surface area contributed by atoms with E-state index in [1.165, 1.54) is 22.5 Å². The molecule has 5 nitrogen and oxygen atoms in total. The molecule has 0 aliphatic carbocycles. The third-order valence-electron chi connectivity index (χ3n) is 5.18. The highest BCUT2D eigenvalue weighted by molar-refractivity contribution is 7.16. The Hall–Kier alpha value is -2.96. The Balaban J connectivity index is 1.57. The van der Waals surface area contributed by atoms with Gasteiger partial charge in [-0.3, -0.25) is 9.59 Å². The Kier molecular flexibility index (Phi) is 7.38. The van der Waals surface area contributed by atoms with Crippen LogP contribution in [0.3, 0.4) is 0 Å². The number of hydrogen-bond acceptors (Lipinski definition) is 4. The fourth-order valence-electron chi connectivity index (χ4n) is 3.53. The molecule has 0 spiro atoms. The molecule has 0 radical (unpaired) electrons. The minimum absolute atomic E-state index is 0.171. The number of amides is 2. The highest BCUT2D eigenvalue weighted by Gasteiger charge is 2.19. The summed E-state index contributed by atoms with van der Waals surface area (Å²) in [5.41, 5.74) is 9.21. The van der Waals surface area contributed by atoms with Gasteiger partial charge in [0.25, 0.3) is 5.91 Å². The first-order chi connectivity index (χ1) is 14.5. The molecule has 1 aromatic heterocycles. The lowest BCUT2D eigenvalue weighted by Gasteiger charge is -2.18. The molecular formula is C24H27N3O2S. The highest BCUT2D eigenvalue weighted by Crippen LogP contribution is 2.32. The minimum atomic E-state index is -0.520. The summed E-state index contributed by atoms with van der Waals surface area (Å²) in [5.74, 6) is -0.449. The predicted molar refractivity (Wildman–Crippen MR) is 123 cm³/mol. The SMILES string of the molecule is Cc1sc(NC(=O)CNCCC(c2ccccc2)c2ccccc2)c(C(N)=O)c1C. The van der Waals surface area contributed by atoms with Crippen LogP contribution in [0.25, 0.3) is 0 Å². The van der Waals surface area contributed by atoms with E-state index in [1.807, 2.05) is 50.2 Å². The number of hydrogen-bond donors (Lipinski definition) is 3. The largest absolute Gasteiger partial charge is 0.365 e. The molecule has 3 aromatic rings. The maximum absolute atomic E-state index is 12.4. The Bertz CT molecular complexity index is 961. The Labute approximate surface area is 181 Å². The van der Waals surface area contributed by atoms with Crippen molar-refractivity contribution in [2.45, 2.75) is 26.2 Å². The molecule has 156 valence electrons. The van der Waals surface area contributed by atoms with E-state index in [0.717, 1.165) is 16.9 Å². The standard InChI is InChI=1S/C24H27N3O2S/c1-16-17(2)30-24(22(16)23(25)29)27-21(28)15-26-14-13-20(18-9-5-3-6-10-18)19-11-7-4-8-12-19/h3-12,20,26H,13-15H2,1-2H3,(H2,25,29)(H,27,28). The van der Waals surface area contributed by atoms with E-state index in [0.29, 0.717) is 17.1 Å². The quantitative estimate of drug-likeness (QED) is 0.453. The van der Waals surface area contributed by atoms with E-state index in [4.69, 9.17) is 5.73 Å². The van der Waals surface area contributed by atoms with Crippen LogP contribution in [0.15, 0.2) is 60.7 Å². The van der Waals surface area contributed by atoms with E-state index < -0.39 is 5.91 Å². The zero-order chi connectivity index (χ0) is 21.5. The molecule has 0 saturated carbocycles. The molecule has 0 aliphatic rings. The fraction of sp³-hybridized carbons (Fsp3) is 0.250. The summed E-state index contributed by atoms with van der Waals surface area (Å²) < 4.78 is 0. The smallest absolute Gasteiger partial charge is 0.251 e. The number of aryl methyl sites for hydroxylation is 1. The Morgan fingerprint density at radius 2 is 1.53 bits per heavy atom. The molecule has 30 heavy (non-hydrogen) atoms. The van der Waals surface area contributed by atoms with Gasteiger partial charge in [-0.2, -0.15) is 0 Å². The zero-order valence-electron chi connectivity index (χ0n) is 17.3. The lowest BCUT2D eigenvalue weighted by atomic mass is 9.88. The number of rotatable bonds is 9. The van der Waals surface area contributed by atoms with Crippen molar-refractivity contribution in [2.24, 2.45) is 5.73 Å². The Morgan fingerprint density at radius 1 is 0.967 bits per heavy atom. The monoisotopic (exact) mass is 421 g/mol. The van der Waals surface area contributed by atoms with Crippen LogP contribution >= 0.6 is 11.3 Å². The van der Waals surface area contributed by atoms with Gasteiger partial charge < -0.3 is 16.4 Å². The number of primary amides is 1. The number of benzene rings is 2. The summed E-state index contributed by atoms with van der Waals surface area (Å²) >= 11 is 1.38. The average Bonchev–Trinajstić information content (AvgIpc) is 3.02. The second-order valence-electron chi connectivity index (χ2n) is 7.24. The molecular weight excluding hydrogens is 394 g/mol. The molecule has 0 aliphatic heterocycles. The van der Waals surface area contributed by atoms with E-state index in [1.54, 1.807) is 0 Å². The van der Waals surface area contributed by atoms with Crippen LogP contribution in [0.2, 0.25) is 0 Å². The van der Waals surface area contributed by atoms with Crippen molar-refractivity contribution in [2.75, 3.05) is 18.4 Å². The zero-order valence-corrected chi connectivity index (χ0v) is 18.1. The summed E-state index contributed by atoms with van der Waals surface area (Å²) in [6.07, 6.45) is 0.866. The Morgan fingerprint density at radius 3 is 2.07 bits per heavy atom. The molecule has 4 N–H and O–H groups in total. The molecule has 3 rings (SSSR count). The van der Waals surface area contributed by atoms with Gasteiger partial charge >= 0.3 is 0 Å². The average molecular weight is 422 g/mol. The summed E-state index contributed by atoms with van der Waals surface area (Å²) in [7, 11) is 0. The van der Waals surface area contributed by atoms with Crippen LogP contribution in [-0.4, -0.2) is 24.9 Å². The van der Waals surface area contributed by atoms with Crippen LogP contribution in [0.5, 0.6) is 0 Å². The van der Waals surface area contributed by atoms with Crippen molar-refractivity contribution in [3.63, 3.8) is 0 Å². The molecule has 0 atom stereocenters. The third kappa shape index (κ3) is 5.34. The van der Waals surface area contributed by atoms with Crippen molar-refractivity contribution < 1.29 is 9.59 Å². The summed E-state index contributed by atoms with van der Waals surface area (Å²) in [6, 6.07) is 20.8. The maximum Gasteiger partial charge on any atom is 0.251 e. The van der Waals surface area contributed by atoms with E-state index >= 15 is 0 Å². The number of nitrogens with two attached hydrogens (primary N) is 1. The van der Waals surface area contributed by atoms with Gasteiger partial charge in [-0.1, -0.05) is 60.7 Å². The van der Waals surface area contributed by atoms with Gasteiger partial charge in [-0.25, -0.2) is 0 Å². The van der Waals surface area contributed by atoms with E-state index in [2.05, 4.69) is 34.9 Å². The number of anilines is 1. The van der Waals surface area contributed by atoms with Crippen LogP contribution < -0.4 is 16.4 Å². The normalized spacial score (nSPS) is 10.9. The third-order valence-corrected chi connectivity index (χ3v) is 6.31. The van der Waals surface area contributed by atoms with E-state index in [-0.39, 0.29) is 18.4 Å². The van der Waals surface area contributed by atoms with Crippen molar-refractivity contribution in [1.29, 1.82) is 0 Å². The maximum atomic E-state index is 12.4. The fourth-order valence-corrected chi connectivity index (χ4v) is 4.61. The van der Waals surface area contributed by atoms with Crippen LogP contribution in [0, 0.1) is 13.8 Å². The molecule has 6 heteroatoms. The topological polar surface area (TPSA) is 84.2 Å². The number of thiophene rings is 1. The molecule has 0 fully saturated rings. The summed E-state index contributed by atoms with van der Waals surface area (Å²) in [5, 5.41) is 6.57. The van der Waals surface area contributed by atoms with Crippen molar-refractivity contribution >= 4 is 28.2 Å². The van der Waals surface area contributed by atoms with Crippen molar-refractivity contribution in [3.8, 4) is 0 Å². The highest BCUT2D eigenvalue weighted by atomic mass is 32.1. The molecule has 0 bridgehead atoms.